The molecule has 0 radical (unpaired) electrons. The predicted molar refractivity (Wildman–Crippen MR) is 152 cm³/mol. The van der Waals surface area contributed by atoms with E-state index in [-0.39, 0.29) is 11.5 Å². The van der Waals surface area contributed by atoms with Crippen LogP contribution < -0.4 is 10.1 Å². The molecule has 6 rings (SSSR count). The van der Waals surface area contributed by atoms with Crippen molar-refractivity contribution in [2.75, 3.05) is 19.7 Å². The fourth-order valence-electron chi connectivity index (χ4n) is 4.90. The van der Waals surface area contributed by atoms with Crippen LogP contribution in [0.15, 0.2) is 60.7 Å². The first-order valence-electron chi connectivity index (χ1n) is 12.2. The van der Waals surface area contributed by atoms with E-state index in [1.807, 2.05) is 42.5 Å². The van der Waals surface area contributed by atoms with E-state index in [2.05, 4.69) is 21.4 Å². The Balaban J connectivity index is 1.23. The average molecular weight is 534 g/mol. The van der Waals surface area contributed by atoms with Crippen molar-refractivity contribution in [3.05, 3.63) is 76.3 Å². The van der Waals surface area contributed by atoms with E-state index < -0.39 is 0 Å². The zero-order valence-electron chi connectivity index (χ0n) is 19.9. The molecule has 4 aromatic carbocycles. The molecule has 2 heterocycles. The SMILES string of the molecule is Oc1ccc(CCNCCCOc2c3[nH]c4ccc(Cl)cc4c3cc3c2[nH]c2ccc(Cl)cc23)cc1O. The maximum atomic E-state index is 9.65. The van der Waals surface area contributed by atoms with Gasteiger partial charge in [-0.1, -0.05) is 29.3 Å². The predicted octanol–water partition coefficient (Wildman–Crippen LogP) is 7.27. The van der Waals surface area contributed by atoms with Crippen molar-refractivity contribution < 1.29 is 14.9 Å². The molecule has 0 bridgehead atoms. The Bertz CT molecular complexity index is 1680. The van der Waals surface area contributed by atoms with E-state index in [1.165, 1.54) is 6.07 Å². The molecular weight excluding hydrogens is 509 g/mol. The molecule has 188 valence electrons. The van der Waals surface area contributed by atoms with Crippen molar-refractivity contribution in [1.82, 2.24) is 15.3 Å². The number of H-pyrrole nitrogens is 2. The lowest BCUT2D eigenvalue weighted by Crippen LogP contribution is -2.20. The molecule has 6 nitrogen and oxygen atoms in total. The molecule has 6 aromatic rings. The molecule has 8 heteroatoms. The van der Waals surface area contributed by atoms with Gasteiger partial charge in [0.2, 0.25) is 0 Å². The van der Waals surface area contributed by atoms with Gasteiger partial charge in [0.25, 0.3) is 0 Å². The number of aromatic amines is 2. The molecule has 2 aromatic heterocycles. The molecule has 0 fully saturated rings. The van der Waals surface area contributed by atoms with Gasteiger partial charge in [-0.05, 0) is 86.1 Å². The topological polar surface area (TPSA) is 93.3 Å². The number of nitrogens with one attached hydrogen (secondary N) is 3. The van der Waals surface area contributed by atoms with Crippen LogP contribution in [0, 0.1) is 0 Å². The third kappa shape index (κ3) is 4.53. The van der Waals surface area contributed by atoms with Crippen LogP contribution in [-0.2, 0) is 6.42 Å². The second kappa shape index (κ2) is 9.71. The zero-order chi connectivity index (χ0) is 25.5. The van der Waals surface area contributed by atoms with E-state index in [9.17, 15) is 10.2 Å². The number of benzene rings is 4. The number of fused-ring (bicyclic) bond motifs is 6. The monoisotopic (exact) mass is 533 g/mol. The first-order valence-corrected chi connectivity index (χ1v) is 12.9. The standard InChI is InChI=1S/C29H25Cl2N3O3/c30-17-3-5-23-19(13-17)21-15-22-20-14-18(31)4-6-24(20)34-28(22)29(27(21)33-23)37-11-1-9-32-10-8-16-2-7-25(35)26(36)12-16/h2-7,12-15,32-36H,1,8-11H2. The molecule has 0 unspecified atom stereocenters. The van der Waals surface area contributed by atoms with Crippen LogP contribution >= 0.6 is 23.2 Å². The molecule has 0 saturated carbocycles. The maximum absolute atomic E-state index is 9.65. The molecule has 0 spiro atoms. The molecular formula is C29H25Cl2N3O3. The number of phenols is 2. The number of rotatable bonds is 8. The Morgan fingerprint density at radius 3 is 1.97 bits per heavy atom. The lowest BCUT2D eigenvalue weighted by Gasteiger charge is -2.10. The van der Waals surface area contributed by atoms with Crippen molar-refractivity contribution >= 4 is 66.8 Å². The van der Waals surface area contributed by atoms with Crippen molar-refractivity contribution in [2.45, 2.75) is 12.8 Å². The molecule has 0 saturated heterocycles. The Kier molecular flexibility index (Phi) is 6.24. The summed E-state index contributed by atoms with van der Waals surface area (Å²) in [6.07, 6.45) is 1.57. The van der Waals surface area contributed by atoms with Crippen LogP contribution in [0.1, 0.15) is 12.0 Å². The number of hydrogen-bond acceptors (Lipinski definition) is 4. The summed E-state index contributed by atoms with van der Waals surface area (Å²) in [5.74, 6) is 0.589. The molecule has 5 N–H and O–H groups in total. The summed E-state index contributed by atoms with van der Waals surface area (Å²) < 4.78 is 6.42. The minimum atomic E-state index is -0.103. The number of phenolic OH excluding ortho intramolecular Hbond substituents is 2. The summed E-state index contributed by atoms with van der Waals surface area (Å²) in [6.45, 7) is 2.08. The van der Waals surface area contributed by atoms with Crippen LogP contribution in [-0.4, -0.2) is 39.9 Å². The van der Waals surface area contributed by atoms with Crippen LogP contribution in [0.5, 0.6) is 17.2 Å². The highest BCUT2D eigenvalue weighted by Gasteiger charge is 2.18. The second-order valence-electron chi connectivity index (χ2n) is 9.21. The van der Waals surface area contributed by atoms with E-state index in [0.717, 1.165) is 80.9 Å². The molecule has 0 atom stereocenters. The van der Waals surface area contributed by atoms with Crippen LogP contribution in [0.25, 0.3) is 43.6 Å². The van der Waals surface area contributed by atoms with Crippen molar-refractivity contribution in [3.63, 3.8) is 0 Å². The molecule has 0 aliphatic carbocycles. The Labute approximate surface area is 222 Å². The molecule has 37 heavy (non-hydrogen) atoms. The van der Waals surface area contributed by atoms with Crippen LogP contribution in [0.3, 0.4) is 0 Å². The first kappa shape index (κ1) is 23.8. The number of ether oxygens (including phenoxy) is 1. The Morgan fingerprint density at radius 2 is 1.35 bits per heavy atom. The Hall–Kier alpha value is -3.58. The summed E-state index contributed by atoms with van der Waals surface area (Å²) >= 11 is 12.7. The van der Waals surface area contributed by atoms with Gasteiger partial charge in [-0.25, -0.2) is 0 Å². The average Bonchev–Trinajstić information content (AvgIpc) is 3.42. The van der Waals surface area contributed by atoms with Crippen LogP contribution in [0.4, 0.5) is 0 Å². The van der Waals surface area contributed by atoms with Crippen molar-refractivity contribution in [3.8, 4) is 17.2 Å². The van der Waals surface area contributed by atoms with Gasteiger partial charge in [0.1, 0.15) is 0 Å². The Morgan fingerprint density at radius 1 is 0.703 bits per heavy atom. The number of aromatic hydroxyl groups is 2. The number of hydrogen-bond donors (Lipinski definition) is 5. The van der Waals surface area contributed by atoms with E-state index in [1.54, 1.807) is 6.07 Å². The van der Waals surface area contributed by atoms with E-state index in [4.69, 9.17) is 27.9 Å². The lowest BCUT2D eigenvalue weighted by atomic mass is 10.1. The number of aromatic nitrogens is 2. The summed E-state index contributed by atoms with van der Waals surface area (Å²) in [7, 11) is 0. The van der Waals surface area contributed by atoms with Gasteiger partial charge in [0.15, 0.2) is 17.2 Å². The number of halogens is 2. The quantitative estimate of drug-likeness (QED) is 0.105. The highest BCUT2D eigenvalue weighted by atomic mass is 35.5. The zero-order valence-corrected chi connectivity index (χ0v) is 21.4. The van der Waals surface area contributed by atoms with Gasteiger partial charge >= 0.3 is 0 Å². The minimum Gasteiger partial charge on any atom is -0.504 e. The van der Waals surface area contributed by atoms with Gasteiger partial charge in [-0.3, -0.25) is 0 Å². The third-order valence-electron chi connectivity index (χ3n) is 6.72. The van der Waals surface area contributed by atoms with Gasteiger partial charge in [-0.2, -0.15) is 0 Å². The van der Waals surface area contributed by atoms with Gasteiger partial charge < -0.3 is 30.2 Å². The normalized spacial score (nSPS) is 11.8. The third-order valence-corrected chi connectivity index (χ3v) is 7.19. The van der Waals surface area contributed by atoms with E-state index in [0.29, 0.717) is 16.7 Å². The van der Waals surface area contributed by atoms with Gasteiger partial charge in [0.05, 0.1) is 17.6 Å². The van der Waals surface area contributed by atoms with Crippen molar-refractivity contribution in [1.29, 1.82) is 0 Å². The van der Waals surface area contributed by atoms with Crippen molar-refractivity contribution in [2.24, 2.45) is 0 Å². The highest BCUT2D eigenvalue weighted by molar-refractivity contribution is 6.33. The maximum Gasteiger partial charge on any atom is 0.167 e. The summed E-state index contributed by atoms with van der Waals surface area (Å²) in [4.78, 5) is 7.05. The second-order valence-corrected chi connectivity index (χ2v) is 10.1. The summed E-state index contributed by atoms with van der Waals surface area (Å²) in [5.41, 5.74) is 4.83. The lowest BCUT2D eigenvalue weighted by molar-refractivity contribution is 0.314. The van der Waals surface area contributed by atoms with Gasteiger partial charge in [-0.15, -0.1) is 0 Å². The molecule has 0 aliphatic rings. The first-order chi connectivity index (χ1) is 18.0. The summed E-state index contributed by atoms with van der Waals surface area (Å²) in [6, 6.07) is 18.8. The fraction of sp³-hybridized carbons (Fsp3) is 0.172. The smallest absolute Gasteiger partial charge is 0.167 e. The molecule has 0 amide bonds. The fourth-order valence-corrected chi connectivity index (χ4v) is 5.24. The molecule has 0 aliphatic heterocycles. The van der Waals surface area contributed by atoms with Crippen LogP contribution in [0.2, 0.25) is 10.0 Å². The van der Waals surface area contributed by atoms with Gasteiger partial charge in [0, 0.05) is 42.6 Å². The minimum absolute atomic E-state index is 0.0927. The van der Waals surface area contributed by atoms with E-state index >= 15 is 0 Å². The summed E-state index contributed by atoms with van der Waals surface area (Å²) in [5, 5.41) is 28.1. The highest BCUT2D eigenvalue weighted by Crippen LogP contribution is 2.41. The largest absolute Gasteiger partial charge is 0.504 e.